The SMILES string of the molecule is CN1CCCC(c2nc3n(c2CCN)CCCC3)C1. The van der Waals surface area contributed by atoms with Gasteiger partial charge in [0.15, 0.2) is 0 Å². The van der Waals surface area contributed by atoms with E-state index in [-0.39, 0.29) is 0 Å². The topological polar surface area (TPSA) is 47.1 Å². The molecule has 3 heterocycles. The quantitative estimate of drug-likeness (QED) is 0.898. The third-order valence-corrected chi connectivity index (χ3v) is 4.61. The lowest BCUT2D eigenvalue weighted by molar-refractivity contribution is 0.248. The zero-order valence-corrected chi connectivity index (χ0v) is 12.1. The van der Waals surface area contributed by atoms with Gasteiger partial charge in [0, 0.05) is 37.5 Å². The first-order chi connectivity index (χ1) is 9.29. The number of nitrogens with zero attached hydrogens (tertiary/aromatic N) is 3. The monoisotopic (exact) mass is 262 g/mol. The van der Waals surface area contributed by atoms with Crippen molar-refractivity contribution in [3.8, 4) is 0 Å². The molecule has 0 aliphatic carbocycles. The van der Waals surface area contributed by atoms with E-state index in [2.05, 4.69) is 16.5 Å². The Morgan fingerprint density at radius 1 is 1.26 bits per heavy atom. The van der Waals surface area contributed by atoms with E-state index in [9.17, 15) is 0 Å². The minimum Gasteiger partial charge on any atom is -0.332 e. The van der Waals surface area contributed by atoms with E-state index < -0.39 is 0 Å². The third-order valence-electron chi connectivity index (χ3n) is 4.61. The molecule has 0 spiro atoms. The van der Waals surface area contributed by atoms with Crippen LogP contribution in [0.3, 0.4) is 0 Å². The van der Waals surface area contributed by atoms with Crippen molar-refractivity contribution in [1.82, 2.24) is 14.5 Å². The van der Waals surface area contributed by atoms with Crippen LogP contribution in [-0.2, 0) is 19.4 Å². The highest BCUT2D eigenvalue weighted by Gasteiger charge is 2.27. The van der Waals surface area contributed by atoms with Crippen LogP contribution < -0.4 is 5.73 Å². The number of fused-ring (bicyclic) bond motifs is 1. The fraction of sp³-hybridized carbons (Fsp3) is 0.800. The van der Waals surface area contributed by atoms with Crippen LogP contribution in [0, 0.1) is 0 Å². The molecule has 19 heavy (non-hydrogen) atoms. The smallest absolute Gasteiger partial charge is 0.109 e. The van der Waals surface area contributed by atoms with Crippen molar-refractivity contribution < 1.29 is 0 Å². The number of hydrogen-bond donors (Lipinski definition) is 1. The molecule has 1 fully saturated rings. The molecule has 1 atom stereocenters. The number of likely N-dealkylation sites (N-methyl/N-ethyl adjacent to an activating group) is 1. The Morgan fingerprint density at radius 3 is 2.95 bits per heavy atom. The van der Waals surface area contributed by atoms with Crippen LogP contribution in [0.15, 0.2) is 0 Å². The van der Waals surface area contributed by atoms with Crippen LogP contribution in [-0.4, -0.2) is 41.1 Å². The van der Waals surface area contributed by atoms with Gasteiger partial charge in [0.05, 0.1) is 5.69 Å². The second-order valence-corrected chi connectivity index (χ2v) is 6.11. The Kier molecular flexibility index (Phi) is 3.89. The zero-order chi connectivity index (χ0) is 13.2. The molecular formula is C15H26N4. The van der Waals surface area contributed by atoms with E-state index in [1.54, 1.807) is 0 Å². The van der Waals surface area contributed by atoms with Gasteiger partial charge in [-0.05, 0) is 45.8 Å². The summed E-state index contributed by atoms with van der Waals surface area (Å²) in [6, 6.07) is 0. The number of piperidine rings is 1. The Bertz CT molecular complexity index is 438. The summed E-state index contributed by atoms with van der Waals surface area (Å²) in [5.74, 6) is 1.94. The number of rotatable bonds is 3. The first-order valence-corrected chi connectivity index (χ1v) is 7.76. The van der Waals surface area contributed by atoms with Gasteiger partial charge < -0.3 is 15.2 Å². The molecule has 1 aromatic heterocycles. The van der Waals surface area contributed by atoms with Gasteiger partial charge in [-0.3, -0.25) is 0 Å². The largest absolute Gasteiger partial charge is 0.332 e. The van der Waals surface area contributed by atoms with Crippen LogP contribution in [0.25, 0.3) is 0 Å². The fourth-order valence-electron chi connectivity index (χ4n) is 3.68. The van der Waals surface area contributed by atoms with Crippen molar-refractivity contribution in [2.75, 3.05) is 26.7 Å². The lowest BCUT2D eigenvalue weighted by atomic mass is 9.93. The molecule has 0 saturated carbocycles. The van der Waals surface area contributed by atoms with E-state index in [4.69, 9.17) is 10.7 Å². The van der Waals surface area contributed by atoms with E-state index in [1.807, 2.05) is 0 Å². The van der Waals surface area contributed by atoms with E-state index >= 15 is 0 Å². The molecule has 106 valence electrons. The zero-order valence-electron chi connectivity index (χ0n) is 12.1. The Balaban J connectivity index is 1.92. The highest BCUT2D eigenvalue weighted by molar-refractivity contribution is 5.24. The summed E-state index contributed by atoms with van der Waals surface area (Å²) in [4.78, 5) is 7.45. The second-order valence-electron chi connectivity index (χ2n) is 6.11. The highest BCUT2D eigenvalue weighted by Crippen LogP contribution is 2.31. The minimum absolute atomic E-state index is 0.624. The Morgan fingerprint density at radius 2 is 2.16 bits per heavy atom. The first kappa shape index (κ1) is 13.1. The highest BCUT2D eigenvalue weighted by atomic mass is 15.1. The van der Waals surface area contributed by atoms with Crippen molar-refractivity contribution in [3.05, 3.63) is 17.2 Å². The first-order valence-electron chi connectivity index (χ1n) is 7.76. The van der Waals surface area contributed by atoms with Crippen molar-refractivity contribution in [2.24, 2.45) is 5.73 Å². The average molecular weight is 262 g/mol. The molecule has 2 aliphatic rings. The number of nitrogens with two attached hydrogens (primary N) is 1. The molecule has 1 saturated heterocycles. The van der Waals surface area contributed by atoms with Crippen LogP contribution in [0.1, 0.15) is 48.8 Å². The minimum atomic E-state index is 0.624. The summed E-state index contributed by atoms with van der Waals surface area (Å²) in [5, 5.41) is 0. The number of likely N-dealkylation sites (tertiary alicyclic amines) is 1. The lowest BCUT2D eigenvalue weighted by Gasteiger charge is -2.29. The maximum atomic E-state index is 5.83. The third kappa shape index (κ3) is 2.56. The van der Waals surface area contributed by atoms with Crippen LogP contribution in [0.2, 0.25) is 0 Å². The van der Waals surface area contributed by atoms with Gasteiger partial charge in [0.1, 0.15) is 5.82 Å². The number of hydrogen-bond acceptors (Lipinski definition) is 3. The van der Waals surface area contributed by atoms with Gasteiger partial charge >= 0.3 is 0 Å². The molecule has 1 unspecified atom stereocenters. The Hall–Kier alpha value is -0.870. The van der Waals surface area contributed by atoms with Gasteiger partial charge in [-0.2, -0.15) is 0 Å². The number of imidazole rings is 1. The predicted molar refractivity (Wildman–Crippen MR) is 77.4 cm³/mol. The predicted octanol–water partition coefficient (Wildman–Crippen LogP) is 1.53. The van der Waals surface area contributed by atoms with Crippen LogP contribution in [0.5, 0.6) is 0 Å². The van der Waals surface area contributed by atoms with Gasteiger partial charge in [0.2, 0.25) is 0 Å². The standard InChI is InChI=1S/C15H26N4/c1-18-9-4-5-12(11-18)15-13(7-8-16)19-10-3-2-6-14(19)17-15/h12H,2-11,16H2,1H3. The summed E-state index contributed by atoms with van der Waals surface area (Å²) in [6.07, 6.45) is 7.32. The molecule has 0 aromatic carbocycles. The van der Waals surface area contributed by atoms with Crippen molar-refractivity contribution in [2.45, 2.75) is 51.0 Å². The maximum Gasteiger partial charge on any atom is 0.109 e. The van der Waals surface area contributed by atoms with Crippen LogP contribution >= 0.6 is 0 Å². The fourth-order valence-corrected chi connectivity index (χ4v) is 3.68. The van der Waals surface area contributed by atoms with E-state index in [0.29, 0.717) is 5.92 Å². The maximum absolute atomic E-state index is 5.83. The molecule has 0 bridgehead atoms. The second kappa shape index (κ2) is 5.63. The lowest BCUT2D eigenvalue weighted by Crippen LogP contribution is -2.31. The number of aromatic nitrogens is 2. The summed E-state index contributed by atoms with van der Waals surface area (Å²) in [5.41, 5.74) is 8.64. The summed E-state index contributed by atoms with van der Waals surface area (Å²) in [7, 11) is 2.23. The molecule has 2 aliphatic heterocycles. The van der Waals surface area contributed by atoms with Crippen molar-refractivity contribution in [3.63, 3.8) is 0 Å². The molecule has 3 rings (SSSR count). The van der Waals surface area contributed by atoms with E-state index in [0.717, 1.165) is 32.5 Å². The molecular weight excluding hydrogens is 236 g/mol. The summed E-state index contributed by atoms with van der Waals surface area (Å²) < 4.78 is 2.47. The van der Waals surface area contributed by atoms with Gasteiger partial charge in [-0.1, -0.05) is 0 Å². The molecule has 0 amide bonds. The van der Waals surface area contributed by atoms with Gasteiger partial charge in [-0.15, -0.1) is 0 Å². The molecule has 1 aromatic rings. The molecule has 4 nitrogen and oxygen atoms in total. The van der Waals surface area contributed by atoms with Gasteiger partial charge in [-0.25, -0.2) is 4.98 Å². The van der Waals surface area contributed by atoms with Crippen molar-refractivity contribution in [1.29, 1.82) is 0 Å². The summed E-state index contributed by atoms with van der Waals surface area (Å²) >= 11 is 0. The summed E-state index contributed by atoms with van der Waals surface area (Å²) in [6.45, 7) is 4.28. The van der Waals surface area contributed by atoms with Gasteiger partial charge in [0.25, 0.3) is 0 Å². The molecule has 2 N–H and O–H groups in total. The van der Waals surface area contributed by atoms with Crippen LogP contribution in [0.4, 0.5) is 0 Å². The molecule has 0 radical (unpaired) electrons. The molecule has 4 heteroatoms. The van der Waals surface area contributed by atoms with E-state index in [1.165, 1.54) is 49.4 Å². The average Bonchev–Trinajstić information content (AvgIpc) is 2.79. The number of aryl methyl sites for hydroxylation is 1. The Labute approximate surface area is 116 Å². The van der Waals surface area contributed by atoms with Crippen molar-refractivity contribution >= 4 is 0 Å². The normalized spacial score (nSPS) is 24.4.